The van der Waals surface area contributed by atoms with Crippen molar-refractivity contribution < 1.29 is 4.39 Å². The Hall–Kier alpha value is -1.91. The van der Waals surface area contributed by atoms with Crippen molar-refractivity contribution in [1.29, 1.82) is 0 Å². The molecule has 2 aromatic rings. The van der Waals surface area contributed by atoms with E-state index in [0.717, 1.165) is 30.3 Å². The Morgan fingerprint density at radius 1 is 1.28 bits per heavy atom. The summed E-state index contributed by atoms with van der Waals surface area (Å²) in [5.74, 6) is 1.76. The molecule has 1 aliphatic heterocycles. The van der Waals surface area contributed by atoms with Gasteiger partial charge in [-0.25, -0.2) is 4.39 Å². The van der Waals surface area contributed by atoms with Crippen molar-refractivity contribution in [2.24, 2.45) is 0 Å². The molecule has 94 valence electrons. The molecule has 5 heteroatoms. The van der Waals surface area contributed by atoms with Crippen LogP contribution < -0.4 is 5.32 Å². The Bertz CT molecular complexity index is 550. The van der Waals surface area contributed by atoms with Crippen molar-refractivity contribution in [1.82, 2.24) is 14.8 Å². The molecule has 0 atom stereocenters. The van der Waals surface area contributed by atoms with Gasteiger partial charge in [0.05, 0.1) is 6.54 Å². The highest BCUT2D eigenvalue weighted by Gasteiger charge is 2.15. The van der Waals surface area contributed by atoms with Gasteiger partial charge in [0.25, 0.3) is 0 Å². The topological polar surface area (TPSA) is 42.7 Å². The first-order valence-electron chi connectivity index (χ1n) is 6.23. The average molecular weight is 246 g/mol. The summed E-state index contributed by atoms with van der Waals surface area (Å²) < 4.78 is 15.2. The van der Waals surface area contributed by atoms with Crippen molar-refractivity contribution >= 4 is 5.69 Å². The zero-order chi connectivity index (χ0) is 12.4. The van der Waals surface area contributed by atoms with Gasteiger partial charge in [0.1, 0.15) is 11.6 Å². The fourth-order valence-corrected chi connectivity index (χ4v) is 2.28. The van der Waals surface area contributed by atoms with Crippen LogP contribution in [-0.4, -0.2) is 14.8 Å². The molecular weight excluding hydrogens is 231 g/mol. The zero-order valence-corrected chi connectivity index (χ0v) is 10.1. The maximum absolute atomic E-state index is 13.0. The van der Waals surface area contributed by atoms with Gasteiger partial charge >= 0.3 is 0 Å². The molecule has 0 saturated carbocycles. The Kier molecular flexibility index (Phi) is 2.96. The number of aromatic nitrogens is 3. The van der Waals surface area contributed by atoms with E-state index in [1.165, 1.54) is 25.0 Å². The minimum atomic E-state index is -0.233. The van der Waals surface area contributed by atoms with Gasteiger partial charge in [-0.2, -0.15) is 0 Å². The van der Waals surface area contributed by atoms with E-state index >= 15 is 0 Å². The summed E-state index contributed by atoms with van der Waals surface area (Å²) in [7, 11) is 0. The van der Waals surface area contributed by atoms with Gasteiger partial charge in [-0.05, 0) is 31.0 Å². The van der Waals surface area contributed by atoms with Crippen LogP contribution in [0.2, 0.25) is 0 Å². The van der Waals surface area contributed by atoms with Crippen molar-refractivity contribution in [3.05, 3.63) is 41.7 Å². The molecular formula is C13H15FN4. The molecule has 1 aliphatic rings. The predicted molar refractivity (Wildman–Crippen MR) is 66.7 cm³/mol. The fraction of sp³-hybridized carbons (Fsp3) is 0.385. The molecule has 2 heterocycles. The predicted octanol–water partition coefficient (Wildman–Crippen LogP) is 2.37. The lowest BCUT2D eigenvalue weighted by molar-refractivity contribution is 0.510. The van der Waals surface area contributed by atoms with E-state index in [1.54, 1.807) is 6.07 Å². The lowest BCUT2D eigenvalue weighted by Crippen LogP contribution is -2.15. The largest absolute Gasteiger partial charge is 0.378 e. The van der Waals surface area contributed by atoms with Gasteiger partial charge in [0.15, 0.2) is 5.82 Å². The van der Waals surface area contributed by atoms with Gasteiger partial charge in [0.2, 0.25) is 0 Å². The summed E-state index contributed by atoms with van der Waals surface area (Å²) in [5.41, 5.74) is 0.767. The van der Waals surface area contributed by atoms with Crippen molar-refractivity contribution in [3.8, 4) is 0 Å². The van der Waals surface area contributed by atoms with Crippen LogP contribution in [0.5, 0.6) is 0 Å². The number of nitrogens with one attached hydrogen (secondary N) is 1. The Balaban J connectivity index is 1.72. The van der Waals surface area contributed by atoms with Crippen LogP contribution in [-0.2, 0) is 19.5 Å². The van der Waals surface area contributed by atoms with Crippen LogP contribution >= 0.6 is 0 Å². The highest BCUT2D eigenvalue weighted by Crippen LogP contribution is 2.16. The normalized spacial score (nSPS) is 14.3. The molecule has 0 spiro atoms. The van der Waals surface area contributed by atoms with Crippen LogP contribution in [0.3, 0.4) is 0 Å². The van der Waals surface area contributed by atoms with E-state index < -0.39 is 0 Å². The summed E-state index contributed by atoms with van der Waals surface area (Å²) in [5, 5.41) is 11.6. The number of anilines is 1. The first kappa shape index (κ1) is 11.2. The maximum Gasteiger partial charge on any atom is 0.152 e. The molecule has 1 aromatic carbocycles. The van der Waals surface area contributed by atoms with E-state index in [4.69, 9.17) is 0 Å². The number of nitrogens with zero attached hydrogens (tertiary/aromatic N) is 3. The van der Waals surface area contributed by atoms with E-state index in [-0.39, 0.29) is 5.82 Å². The van der Waals surface area contributed by atoms with Crippen LogP contribution in [0, 0.1) is 5.82 Å². The van der Waals surface area contributed by atoms with Crippen LogP contribution in [0.15, 0.2) is 24.3 Å². The van der Waals surface area contributed by atoms with Gasteiger partial charge in [0, 0.05) is 18.7 Å². The highest BCUT2D eigenvalue weighted by molar-refractivity contribution is 5.43. The number of rotatable bonds is 3. The molecule has 0 bridgehead atoms. The van der Waals surface area contributed by atoms with Gasteiger partial charge < -0.3 is 9.88 Å². The molecule has 0 radical (unpaired) electrons. The van der Waals surface area contributed by atoms with Gasteiger partial charge in [-0.15, -0.1) is 10.2 Å². The standard InChI is InChI=1S/C13H15FN4/c14-10-4-3-5-11(8-10)15-9-13-17-16-12-6-1-2-7-18(12)13/h3-5,8,15H,1-2,6-7,9H2. The van der Waals surface area contributed by atoms with Crippen LogP contribution in [0.25, 0.3) is 0 Å². The maximum atomic E-state index is 13.0. The fourth-order valence-electron chi connectivity index (χ4n) is 2.28. The van der Waals surface area contributed by atoms with Crippen LogP contribution in [0.1, 0.15) is 24.5 Å². The van der Waals surface area contributed by atoms with Gasteiger partial charge in [-0.3, -0.25) is 0 Å². The summed E-state index contributed by atoms with van der Waals surface area (Å²) in [6.07, 6.45) is 3.38. The zero-order valence-electron chi connectivity index (χ0n) is 10.1. The number of fused-ring (bicyclic) bond motifs is 1. The van der Waals surface area contributed by atoms with E-state index in [0.29, 0.717) is 6.54 Å². The quantitative estimate of drug-likeness (QED) is 0.904. The number of benzene rings is 1. The first-order chi connectivity index (χ1) is 8.83. The lowest BCUT2D eigenvalue weighted by Gasteiger charge is -2.15. The summed E-state index contributed by atoms with van der Waals surface area (Å²) in [6, 6.07) is 6.45. The summed E-state index contributed by atoms with van der Waals surface area (Å²) >= 11 is 0. The second kappa shape index (κ2) is 4.76. The molecule has 18 heavy (non-hydrogen) atoms. The Morgan fingerprint density at radius 2 is 2.22 bits per heavy atom. The van der Waals surface area contributed by atoms with Crippen molar-refractivity contribution in [2.45, 2.75) is 32.4 Å². The highest BCUT2D eigenvalue weighted by atomic mass is 19.1. The Labute approximate surface area is 105 Å². The SMILES string of the molecule is Fc1cccc(NCc2nnc3n2CCCC3)c1. The number of hydrogen-bond acceptors (Lipinski definition) is 3. The number of aryl methyl sites for hydroxylation is 1. The molecule has 0 amide bonds. The van der Waals surface area contributed by atoms with E-state index in [2.05, 4.69) is 20.1 Å². The third kappa shape index (κ3) is 2.20. The second-order valence-corrected chi connectivity index (χ2v) is 4.51. The average Bonchev–Trinajstić information content (AvgIpc) is 2.80. The van der Waals surface area contributed by atoms with E-state index in [1.807, 2.05) is 6.07 Å². The molecule has 1 N–H and O–H groups in total. The summed E-state index contributed by atoms with van der Waals surface area (Å²) in [6.45, 7) is 1.57. The molecule has 1 aromatic heterocycles. The molecule has 0 unspecified atom stereocenters. The van der Waals surface area contributed by atoms with E-state index in [9.17, 15) is 4.39 Å². The second-order valence-electron chi connectivity index (χ2n) is 4.51. The van der Waals surface area contributed by atoms with Gasteiger partial charge in [-0.1, -0.05) is 6.07 Å². The minimum absolute atomic E-state index is 0.233. The molecule has 0 saturated heterocycles. The smallest absolute Gasteiger partial charge is 0.152 e. The molecule has 0 fully saturated rings. The van der Waals surface area contributed by atoms with Crippen molar-refractivity contribution in [2.75, 3.05) is 5.32 Å². The third-order valence-corrected chi connectivity index (χ3v) is 3.21. The molecule has 4 nitrogen and oxygen atoms in total. The van der Waals surface area contributed by atoms with Crippen molar-refractivity contribution in [3.63, 3.8) is 0 Å². The monoisotopic (exact) mass is 246 g/mol. The summed E-state index contributed by atoms with van der Waals surface area (Å²) in [4.78, 5) is 0. The number of hydrogen-bond donors (Lipinski definition) is 1. The number of halogens is 1. The minimum Gasteiger partial charge on any atom is -0.378 e. The Morgan fingerprint density at radius 3 is 3.11 bits per heavy atom. The van der Waals surface area contributed by atoms with Crippen LogP contribution in [0.4, 0.5) is 10.1 Å². The third-order valence-electron chi connectivity index (χ3n) is 3.21. The first-order valence-corrected chi connectivity index (χ1v) is 6.23. The molecule has 3 rings (SSSR count). The lowest BCUT2D eigenvalue weighted by atomic mass is 10.2. The molecule has 0 aliphatic carbocycles.